The van der Waals surface area contributed by atoms with Gasteiger partial charge in [0.2, 0.25) is 0 Å². The first kappa shape index (κ1) is 17.3. The highest BCUT2D eigenvalue weighted by Gasteiger charge is 2.27. The van der Waals surface area contributed by atoms with Gasteiger partial charge in [0.25, 0.3) is 0 Å². The van der Waals surface area contributed by atoms with Crippen LogP contribution in [0, 0.1) is 0 Å². The number of ether oxygens (including phenoxy) is 1. The van der Waals surface area contributed by atoms with Gasteiger partial charge in [0.1, 0.15) is 23.4 Å². The van der Waals surface area contributed by atoms with Gasteiger partial charge in [0, 0.05) is 25.2 Å². The van der Waals surface area contributed by atoms with Crippen LogP contribution < -0.4 is 5.32 Å². The number of carbonyl (C=O) groups excluding carboxylic acids is 1. The van der Waals surface area contributed by atoms with E-state index in [0.717, 1.165) is 24.4 Å². The fourth-order valence-corrected chi connectivity index (χ4v) is 2.79. The second-order valence-electron chi connectivity index (χ2n) is 7.18. The quantitative estimate of drug-likeness (QED) is 0.917. The molecule has 2 aromatic heterocycles. The third-order valence-electron chi connectivity index (χ3n) is 3.87. The number of likely N-dealkylation sites (tertiary alicyclic amines) is 1. The van der Waals surface area contributed by atoms with Gasteiger partial charge in [0.05, 0.1) is 6.26 Å². The first-order valence-corrected chi connectivity index (χ1v) is 8.51. The molecule has 0 spiro atoms. The monoisotopic (exact) mass is 344 g/mol. The van der Waals surface area contributed by atoms with Crippen LogP contribution in [0.15, 0.2) is 35.2 Å². The lowest BCUT2D eigenvalue weighted by molar-refractivity contribution is 0.0206. The Bertz CT molecular complexity index is 709. The Hall–Kier alpha value is -2.57. The lowest BCUT2D eigenvalue weighted by Crippen LogP contribution is -2.47. The maximum absolute atomic E-state index is 12.3. The highest BCUT2D eigenvalue weighted by Crippen LogP contribution is 2.21. The van der Waals surface area contributed by atoms with E-state index in [2.05, 4.69) is 15.3 Å². The second-order valence-corrected chi connectivity index (χ2v) is 7.18. The second kappa shape index (κ2) is 7.13. The zero-order valence-corrected chi connectivity index (χ0v) is 14.9. The molecule has 25 heavy (non-hydrogen) atoms. The third kappa shape index (κ3) is 4.71. The van der Waals surface area contributed by atoms with Crippen molar-refractivity contribution < 1.29 is 13.9 Å². The van der Waals surface area contributed by atoms with Crippen molar-refractivity contribution in [2.75, 3.05) is 18.4 Å². The number of furan rings is 1. The predicted octanol–water partition coefficient (Wildman–Crippen LogP) is 3.55. The number of nitrogens with one attached hydrogen (secondary N) is 1. The number of hydrogen-bond acceptors (Lipinski definition) is 6. The molecule has 7 nitrogen and oxygen atoms in total. The molecule has 3 heterocycles. The van der Waals surface area contributed by atoms with Crippen LogP contribution in [-0.2, 0) is 4.74 Å². The molecule has 3 rings (SSSR count). The van der Waals surface area contributed by atoms with Crippen LogP contribution in [0.25, 0.3) is 11.5 Å². The number of anilines is 1. The smallest absolute Gasteiger partial charge is 0.410 e. The van der Waals surface area contributed by atoms with E-state index in [-0.39, 0.29) is 12.1 Å². The standard InChI is InChI=1S/C18H24N4O3/c1-18(2,3)25-17(23)22-8-4-6-13(11-22)21-16-10-14(19-12-20-16)15-7-5-9-24-15/h5,7,9-10,12-13H,4,6,8,11H2,1-3H3,(H,19,20,21). The van der Waals surface area contributed by atoms with Crippen molar-refractivity contribution in [1.29, 1.82) is 0 Å². The summed E-state index contributed by atoms with van der Waals surface area (Å²) < 4.78 is 10.8. The van der Waals surface area contributed by atoms with Crippen molar-refractivity contribution in [3.8, 4) is 11.5 Å². The minimum absolute atomic E-state index is 0.126. The molecule has 1 atom stereocenters. The molecule has 0 saturated carbocycles. The fourth-order valence-electron chi connectivity index (χ4n) is 2.79. The first-order valence-electron chi connectivity index (χ1n) is 8.51. The average molecular weight is 344 g/mol. The van der Waals surface area contributed by atoms with E-state index in [1.165, 1.54) is 6.33 Å². The van der Waals surface area contributed by atoms with E-state index >= 15 is 0 Å². The van der Waals surface area contributed by atoms with Gasteiger partial charge in [-0.3, -0.25) is 0 Å². The molecule has 1 unspecified atom stereocenters. The van der Waals surface area contributed by atoms with Gasteiger partial charge in [-0.2, -0.15) is 0 Å². The molecule has 1 fully saturated rings. The van der Waals surface area contributed by atoms with Crippen molar-refractivity contribution in [3.63, 3.8) is 0 Å². The van der Waals surface area contributed by atoms with Crippen molar-refractivity contribution in [3.05, 3.63) is 30.8 Å². The molecule has 1 saturated heterocycles. The predicted molar refractivity (Wildman–Crippen MR) is 94.2 cm³/mol. The third-order valence-corrected chi connectivity index (χ3v) is 3.87. The summed E-state index contributed by atoms with van der Waals surface area (Å²) in [5.74, 6) is 1.42. The van der Waals surface area contributed by atoms with Gasteiger partial charge in [-0.1, -0.05) is 0 Å². The van der Waals surface area contributed by atoms with Crippen LogP contribution in [0.1, 0.15) is 33.6 Å². The molecular weight excluding hydrogens is 320 g/mol. The minimum Gasteiger partial charge on any atom is -0.463 e. The van der Waals surface area contributed by atoms with Crippen LogP contribution in [0.2, 0.25) is 0 Å². The van der Waals surface area contributed by atoms with Crippen LogP contribution in [0.5, 0.6) is 0 Å². The summed E-state index contributed by atoms with van der Waals surface area (Å²) in [5.41, 5.74) is 0.240. The van der Waals surface area contributed by atoms with Crippen LogP contribution in [-0.4, -0.2) is 45.7 Å². The summed E-state index contributed by atoms with van der Waals surface area (Å²) in [6, 6.07) is 5.66. The number of piperidine rings is 1. The van der Waals surface area contributed by atoms with Crippen molar-refractivity contribution in [1.82, 2.24) is 14.9 Å². The summed E-state index contributed by atoms with van der Waals surface area (Å²) in [7, 11) is 0. The van der Waals surface area contributed by atoms with E-state index in [1.807, 2.05) is 39.0 Å². The largest absolute Gasteiger partial charge is 0.463 e. The van der Waals surface area contributed by atoms with Gasteiger partial charge in [0.15, 0.2) is 5.76 Å². The van der Waals surface area contributed by atoms with Gasteiger partial charge in [-0.05, 0) is 45.7 Å². The highest BCUT2D eigenvalue weighted by molar-refractivity contribution is 5.68. The number of aromatic nitrogens is 2. The Labute approximate surface area is 147 Å². The summed E-state index contributed by atoms with van der Waals surface area (Å²) in [4.78, 5) is 22.5. The Kier molecular flexibility index (Phi) is 4.92. The van der Waals surface area contributed by atoms with E-state index < -0.39 is 5.60 Å². The average Bonchev–Trinajstić information content (AvgIpc) is 3.08. The summed E-state index contributed by atoms with van der Waals surface area (Å²) in [6.45, 7) is 6.94. The SMILES string of the molecule is CC(C)(C)OC(=O)N1CCCC(Nc2cc(-c3ccco3)ncn2)C1. The fraction of sp³-hybridized carbons (Fsp3) is 0.500. The van der Waals surface area contributed by atoms with Crippen LogP contribution in [0.4, 0.5) is 10.6 Å². The summed E-state index contributed by atoms with van der Waals surface area (Å²) in [5, 5.41) is 3.39. The molecule has 0 radical (unpaired) electrons. The Morgan fingerprint density at radius 2 is 2.24 bits per heavy atom. The molecule has 1 aliphatic rings. The Morgan fingerprint density at radius 1 is 1.40 bits per heavy atom. The molecule has 134 valence electrons. The molecule has 0 aromatic carbocycles. The number of nitrogens with zero attached hydrogens (tertiary/aromatic N) is 3. The number of rotatable bonds is 3. The topological polar surface area (TPSA) is 80.5 Å². The molecule has 0 bridgehead atoms. The molecular formula is C18H24N4O3. The van der Waals surface area contributed by atoms with E-state index in [0.29, 0.717) is 18.8 Å². The molecule has 7 heteroatoms. The van der Waals surface area contributed by atoms with Gasteiger partial charge >= 0.3 is 6.09 Å². The molecule has 1 N–H and O–H groups in total. The van der Waals surface area contributed by atoms with Crippen molar-refractivity contribution in [2.24, 2.45) is 0 Å². The first-order chi connectivity index (χ1) is 11.9. The molecule has 0 aliphatic carbocycles. The van der Waals surface area contributed by atoms with Crippen LogP contribution >= 0.6 is 0 Å². The Morgan fingerprint density at radius 3 is 2.96 bits per heavy atom. The van der Waals surface area contributed by atoms with Gasteiger partial charge < -0.3 is 19.4 Å². The van der Waals surface area contributed by atoms with E-state index in [9.17, 15) is 4.79 Å². The zero-order chi connectivity index (χ0) is 17.9. The Balaban J connectivity index is 1.63. The number of amides is 1. The maximum Gasteiger partial charge on any atom is 0.410 e. The molecule has 2 aromatic rings. The van der Waals surface area contributed by atoms with Crippen molar-refractivity contribution >= 4 is 11.9 Å². The van der Waals surface area contributed by atoms with E-state index in [1.54, 1.807) is 11.2 Å². The minimum atomic E-state index is -0.484. The van der Waals surface area contributed by atoms with E-state index in [4.69, 9.17) is 9.15 Å². The van der Waals surface area contributed by atoms with Gasteiger partial charge in [-0.25, -0.2) is 14.8 Å². The lowest BCUT2D eigenvalue weighted by Gasteiger charge is -2.34. The number of hydrogen-bond donors (Lipinski definition) is 1. The van der Waals surface area contributed by atoms with Crippen molar-refractivity contribution in [2.45, 2.75) is 45.3 Å². The lowest BCUT2D eigenvalue weighted by atomic mass is 10.1. The summed E-state index contributed by atoms with van der Waals surface area (Å²) >= 11 is 0. The highest BCUT2D eigenvalue weighted by atomic mass is 16.6. The summed E-state index contributed by atoms with van der Waals surface area (Å²) in [6.07, 6.45) is 4.75. The molecule has 1 aliphatic heterocycles. The van der Waals surface area contributed by atoms with Crippen LogP contribution in [0.3, 0.4) is 0 Å². The zero-order valence-electron chi connectivity index (χ0n) is 14.9. The maximum atomic E-state index is 12.3. The van der Waals surface area contributed by atoms with Gasteiger partial charge in [-0.15, -0.1) is 0 Å². The normalized spacial score (nSPS) is 18.0. The molecule has 1 amide bonds. The number of carbonyl (C=O) groups is 1.